The monoisotopic (exact) mass is 552 g/mol. The normalized spacial score (nSPS) is 11.6. The fraction of sp³-hybridized carbons (Fsp3) is 0.188. The van der Waals surface area contributed by atoms with Gasteiger partial charge < -0.3 is 14.7 Å². The molecule has 2 amide bonds. The van der Waals surface area contributed by atoms with Gasteiger partial charge in [0.1, 0.15) is 0 Å². The molecule has 0 aliphatic heterocycles. The summed E-state index contributed by atoms with van der Waals surface area (Å²) in [5.74, 6) is -0.255. The molecule has 7 heteroatoms. The van der Waals surface area contributed by atoms with Gasteiger partial charge in [-0.1, -0.05) is 60.7 Å². The summed E-state index contributed by atoms with van der Waals surface area (Å²) in [5, 5.41) is 8.24. The average Bonchev–Trinajstić information content (AvgIpc) is 2.91. The van der Waals surface area contributed by atoms with Gasteiger partial charge in [0.05, 0.1) is 0 Å². The number of rotatable bonds is 8. The Hall–Kier alpha value is -3.79. The Morgan fingerprint density at radius 1 is 0.538 bits per heavy atom. The fourth-order valence-electron chi connectivity index (χ4n) is 4.62. The van der Waals surface area contributed by atoms with Crippen molar-refractivity contribution < 1.29 is 13.7 Å². The summed E-state index contributed by atoms with van der Waals surface area (Å²) >= 11 is 0. The third-order valence-electron chi connectivity index (χ3n) is 6.98. The van der Waals surface area contributed by atoms with Crippen LogP contribution < -0.4 is 21.0 Å². The van der Waals surface area contributed by atoms with E-state index in [0.29, 0.717) is 11.1 Å². The first-order valence-corrected chi connectivity index (χ1v) is 18.9. The van der Waals surface area contributed by atoms with E-state index < -0.39 is 16.6 Å². The van der Waals surface area contributed by atoms with E-state index in [9.17, 15) is 9.59 Å². The van der Waals surface area contributed by atoms with Crippen molar-refractivity contribution in [2.75, 3.05) is 10.6 Å². The van der Waals surface area contributed by atoms with Crippen LogP contribution in [0.1, 0.15) is 31.8 Å². The van der Waals surface area contributed by atoms with Crippen molar-refractivity contribution in [3.63, 3.8) is 0 Å². The summed E-state index contributed by atoms with van der Waals surface area (Å²) < 4.78 is 6.90. The maximum absolute atomic E-state index is 12.8. The molecule has 2 N–H and O–H groups in total. The van der Waals surface area contributed by atoms with Gasteiger partial charge in [0.25, 0.3) is 11.8 Å². The molecule has 0 saturated heterocycles. The van der Waals surface area contributed by atoms with Gasteiger partial charge in [0.15, 0.2) is 0 Å². The Morgan fingerprint density at radius 3 is 1.21 bits per heavy atom. The van der Waals surface area contributed by atoms with Crippen LogP contribution >= 0.6 is 0 Å². The molecule has 0 unspecified atom stereocenters. The van der Waals surface area contributed by atoms with Gasteiger partial charge in [-0.2, -0.15) is 0 Å². The molecule has 4 rings (SSSR count). The predicted octanol–water partition coefficient (Wildman–Crippen LogP) is 6.35. The van der Waals surface area contributed by atoms with E-state index in [1.54, 1.807) is 0 Å². The van der Waals surface area contributed by atoms with Gasteiger partial charge in [-0.25, -0.2) is 0 Å². The first kappa shape index (κ1) is 28.2. The number of hydrogen-bond acceptors (Lipinski definition) is 3. The molecular weight excluding hydrogens is 517 g/mol. The Labute approximate surface area is 233 Å². The lowest BCUT2D eigenvalue weighted by molar-refractivity contribution is 0.101. The van der Waals surface area contributed by atoms with E-state index in [-0.39, 0.29) is 11.8 Å². The number of para-hydroxylation sites is 2. The highest BCUT2D eigenvalue weighted by Gasteiger charge is 2.36. The molecule has 0 radical (unpaired) electrons. The number of aryl methyl sites for hydroxylation is 2. The quantitative estimate of drug-likeness (QED) is 0.250. The van der Waals surface area contributed by atoms with Crippen molar-refractivity contribution in [1.82, 2.24) is 0 Å². The maximum Gasteiger partial charge on any atom is 0.255 e. The number of carbonyl (C=O) groups excluding carboxylic acids is 2. The smallest absolute Gasteiger partial charge is 0.255 e. The van der Waals surface area contributed by atoms with Gasteiger partial charge in [-0.3, -0.25) is 9.59 Å². The summed E-state index contributed by atoms with van der Waals surface area (Å²) in [6.45, 7) is 12.7. The van der Waals surface area contributed by atoms with Crippen molar-refractivity contribution in [3.05, 3.63) is 119 Å². The van der Waals surface area contributed by atoms with Crippen LogP contribution in [-0.4, -0.2) is 28.4 Å². The van der Waals surface area contributed by atoms with E-state index in [4.69, 9.17) is 4.12 Å². The highest BCUT2D eigenvalue weighted by Crippen LogP contribution is 2.19. The first-order valence-electron chi connectivity index (χ1n) is 13.1. The van der Waals surface area contributed by atoms with Crippen molar-refractivity contribution in [2.45, 2.75) is 40.0 Å². The maximum atomic E-state index is 12.8. The Bertz CT molecular complexity index is 1370. The highest BCUT2D eigenvalue weighted by molar-refractivity contribution is 6.96. The number of amides is 2. The Kier molecular flexibility index (Phi) is 8.35. The van der Waals surface area contributed by atoms with Crippen LogP contribution in [0, 0.1) is 13.8 Å². The first-order chi connectivity index (χ1) is 18.5. The minimum absolute atomic E-state index is 0.127. The largest absolute Gasteiger partial charge is 0.449 e. The number of nitrogens with one attached hydrogen (secondary N) is 2. The minimum atomic E-state index is -2.28. The Balaban J connectivity index is 1.43. The van der Waals surface area contributed by atoms with Crippen LogP contribution in [0.2, 0.25) is 26.2 Å². The SMILES string of the molecule is Cc1ccccc1NC(=O)c1ccc([Si](C)(C)O[Si](C)(C)c2ccc(C(=O)Nc3ccccc3C)cc2)cc1. The van der Waals surface area contributed by atoms with E-state index in [0.717, 1.165) is 32.9 Å². The predicted molar refractivity (Wildman–Crippen MR) is 166 cm³/mol. The standard InChI is InChI=1S/C32H36N2O3Si2/c1-23-11-7-9-13-29(23)33-31(35)25-15-19-27(20-16-25)38(3,4)37-39(5,6)28-21-17-26(18-22-28)32(36)34-30-14-10-8-12-24(30)2/h7-22H,1-6H3,(H,33,35)(H,34,36). The zero-order valence-electron chi connectivity index (χ0n) is 23.5. The molecule has 0 aliphatic rings. The lowest BCUT2D eigenvalue weighted by Crippen LogP contribution is -2.57. The van der Waals surface area contributed by atoms with Crippen LogP contribution in [0.3, 0.4) is 0 Å². The van der Waals surface area contributed by atoms with E-state index in [1.165, 1.54) is 0 Å². The topological polar surface area (TPSA) is 67.4 Å². The minimum Gasteiger partial charge on any atom is -0.449 e. The molecule has 4 aromatic rings. The number of carbonyl (C=O) groups is 2. The molecule has 0 fully saturated rings. The molecule has 0 atom stereocenters. The third-order valence-corrected chi connectivity index (χ3v) is 14.5. The molecular formula is C32H36N2O3Si2. The average molecular weight is 553 g/mol. The second-order valence-electron chi connectivity index (χ2n) is 10.8. The van der Waals surface area contributed by atoms with Crippen molar-refractivity contribution in [2.24, 2.45) is 0 Å². The lowest BCUT2D eigenvalue weighted by Gasteiger charge is -2.34. The van der Waals surface area contributed by atoms with Gasteiger partial charge in [-0.05, 0) is 97.9 Å². The molecule has 0 heterocycles. The molecule has 0 saturated carbocycles. The van der Waals surface area contributed by atoms with Gasteiger partial charge >= 0.3 is 0 Å². The third kappa shape index (κ3) is 6.81. The summed E-state index contributed by atoms with van der Waals surface area (Å²) in [6.07, 6.45) is 0. The summed E-state index contributed by atoms with van der Waals surface area (Å²) in [6, 6.07) is 31.0. The molecule has 200 valence electrons. The van der Waals surface area contributed by atoms with Crippen LogP contribution in [0.4, 0.5) is 11.4 Å². The van der Waals surface area contributed by atoms with Crippen LogP contribution in [0.5, 0.6) is 0 Å². The van der Waals surface area contributed by atoms with E-state index in [1.807, 2.05) is 111 Å². The number of hydrogen-bond donors (Lipinski definition) is 2. The van der Waals surface area contributed by atoms with Crippen molar-refractivity contribution in [3.8, 4) is 0 Å². The number of anilines is 2. The molecule has 4 aromatic carbocycles. The van der Waals surface area contributed by atoms with Crippen LogP contribution in [-0.2, 0) is 4.12 Å². The van der Waals surface area contributed by atoms with Crippen LogP contribution in [0.25, 0.3) is 0 Å². The van der Waals surface area contributed by atoms with Crippen molar-refractivity contribution in [1.29, 1.82) is 0 Å². The zero-order chi connectivity index (χ0) is 28.2. The van der Waals surface area contributed by atoms with Crippen molar-refractivity contribution >= 4 is 50.2 Å². The molecule has 39 heavy (non-hydrogen) atoms. The molecule has 0 bridgehead atoms. The zero-order valence-corrected chi connectivity index (χ0v) is 25.5. The molecule has 5 nitrogen and oxygen atoms in total. The van der Waals surface area contributed by atoms with Gasteiger partial charge in [-0.15, -0.1) is 0 Å². The molecule has 0 aliphatic carbocycles. The summed E-state index contributed by atoms with van der Waals surface area (Å²) in [5.41, 5.74) is 4.91. The number of benzene rings is 4. The van der Waals surface area contributed by atoms with Gasteiger partial charge in [0, 0.05) is 22.5 Å². The second-order valence-corrected chi connectivity index (χ2v) is 18.8. The summed E-state index contributed by atoms with van der Waals surface area (Å²) in [7, 11) is -4.56. The van der Waals surface area contributed by atoms with Gasteiger partial charge in [0.2, 0.25) is 16.6 Å². The Morgan fingerprint density at radius 2 is 0.872 bits per heavy atom. The fourth-order valence-corrected chi connectivity index (χ4v) is 12.6. The van der Waals surface area contributed by atoms with Crippen LogP contribution in [0.15, 0.2) is 97.1 Å². The van der Waals surface area contributed by atoms with E-state index >= 15 is 0 Å². The lowest BCUT2D eigenvalue weighted by atomic mass is 10.1. The summed E-state index contributed by atoms with van der Waals surface area (Å²) in [4.78, 5) is 25.6. The van der Waals surface area contributed by atoms with E-state index in [2.05, 4.69) is 36.8 Å². The second kappa shape index (κ2) is 11.5. The highest BCUT2D eigenvalue weighted by atomic mass is 28.4. The molecule has 0 aromatic heterocycles. The molecule has 0 spiro atoms.